The lowest BCUT2D eigenvalue weighted by Gasteiger charge is -2.21. The van der Waals surface area contributed by atoms with Gasteiger partial charge >= 0.3 is 5.97 Å². The van der Waals surface area contributed by atoms with Crippen LogP contribution in [0.4, 0.5) is 0 Å². The Bertz CT molecular complexity index is 923. The van der Waals surface area contributed by atoms with Crippen LogP contribution in [0.1, 0.15) is 54.2 Å². The lowest BCUT2D eigenvalue weighted by Crippen LogP contribution is -2.38. The SMILES string of the molecule is CCC[C@@H](NC(=O)[C@H](C)OC(=O)c1ccc(CS(C)(=O)=O)cc1)c1ccccc1. The Morgan fingerprint density at radius 3 is 2.21 bits per heavy atom. The van der Waals surface area contributed by atoms with E-state index >= 15 is 0 Å². The average Bonchev–Trinajstić information content (AvgIpc) is 2.67. The van der Waals surface area contributed by atoms with E-state index in [9.17, 15) is 18.0 Å². The average molecular weight is 418 g/mol. The van der Waals surface area contributed by atoms with Crippen LogP contribution in [0.2, 0.25) is 0 Å². The molecule has 0 aliphatic heterocycles. The molecule has 0 radical (unpaired) electrons. The minimum Gasteiger partial charge on any atom is -0.449 e. The number of hydrogen-bond donors (Lipinski definition) is 1. The second-order valence-electron chi connectivity index (χ2n) is 7.08. The van der Waals surface area contributed by atoms with Crippen LogP contribution in [0.5, 0.6) is 0 Å². The molecule has 0 bridgehead atoms. The van der Waals surface area contributed by atoms with Crippen molar-refractivity contribution in [2.75, 3.05) is 6.26 Å². The fourth-order valence-electron chi connectivity index (χ4n) is 2.91. The third-order valence-electron chi connectivity index (χ3n) is 4.37. The molecule has 0 heterocycles. The minimum atomic E-state index is -3.15. The van der Waals surface area contributed by atoms with E-state index in [1.54, 1.807) is 12.1 Å². The van der Waals surface area contributed by atoms with E-state index in [-0.39, 0.29) is 23.3 Å². The van der Waals surface area contributed by atoms with Gasteiger partial charge in [-0.15, -0.1) is 0 Å². The van der Waals surface area contributed by atoms with E-state index in [1.807, 2.05) is 37.3 Å². The fourth-order valence-corrected chi connectivity index (χ4v) is 3.71. The molecule has 156 valence electrons. The number of carbonyl (C=O) groups excluding carboxylic acids is 2. The van der Waals surface area contributed by atoms with Crippen molar-refractivity contribution in [2.45, 2.75) is 44.6 Å². The molecule has 1 amide bonds. The number of carbonyl (C=O) groups is 2. The predicted octanol–water partition coefficient (Wildman–Crippen LogP) is 3.43. The van der Waals surface area contributed by atoms with E-state index in [0.717, 1.165) is 24.7 Å². The van der Waals surface area contributed by atoms with E-state index in [2.05, 4.69) is 5.32 Å². The third kappa shape index (κ3) is 7.34. The van der Waals surface area contributed by atoms with E-state index < -0.39 is 21.9 Å². The standard InChI is InChI=1S/C22H27NO5S/c1-4-8-20(18-9-6-5-7-10-18)23-21(24)16(2)28-22(25)19-13-11-17(12-14-19)15-29(3,26)27/h5-7,9-14,16,20H,4,8,15H2,1-3H3,(H,23,24)/t16-,20+/m0/s1. The molecule has 7 heteroatoms. The highest BCUT2D eigenvalue weighted by Crippen LogP contribution is 2.18. The zero-order valence-electron chi connectivity index (χ0n) is 16.9. The molecular weight excluding hydrogens is 390 g/mol. The quantitative estimate of drug-likeness (QED) is 0.632. The number of rotatable bonds is 9. The van der Waals surface area contributed by atoms with Crippen molar-refractivity contribution in [2.24, 2.45) is 0 Å². The van der Waals surface area contributed by atoms with E-state index in [4.69, 9.17) is 4.74 Å². The summed E-state index contributed by atoms with van der Waals surface area (Å²) in [6.07, 6.45) is 1.87. The summed E-state index contributed by atoms with van der Waals surface area (Å²) in [5, 5.41) is 2.94. The summed E-state index contributed by atoms with van der Waals surface area (Å²) in [5.74, 6) is -1.10. The number of amides is 1. The smallest absolute Gasteiger partial charge is 0.338 e. The maximum atomic E-state index is 12.5. The van der Waals surface area contributed by atoms with Gasteiger partial charge < -0.3 is 10.1 Å². The molecule has 29 heavy (non-hydrogen) atoms. The molecule has 0 aromatic heterocycles. The van der Waals surface area contributed by atoms with Gasteiger partial charge in [0.2, 0.25) is 0 Å². The first-order chi connectivity index (χ1) is 13.7. The number of sulfone groups is 1. The Balaban J connectivity index is 1.98. The summed E-state index contributed by atoms with van der Waals surface area (Å²) in [6, 6.07) is 15.6. The summed E-state index contributed by atoms with van der Waals surface area (Å²) in [5.41, 5.74) is 1.85. The Hall–Kier alpha value is -2.67. The van der Waals surface area contributed by atoms with Gasteiger partial charge in [-0.05, 0) is 36.6 Å². The number of nitrogens with one attached hydrogen (secondary N) is 1. The van der Waals surface area contributed by atoms with Crippen LogP contribution in [0, 0.1) is 0 Å². The van der Waals surface area contributed by atoms with Gasteiger partial charge in [0.15, 0.2) is 15.9 Å². The lowest BCUT2D eigenvalue weighted by atomic mass is 10.0. The Morgan fingerprint density at radius 2 is 1.66 bits per heavy atom. The topological polar surface area (TPSA) is 89.5 Å². The molecular formula is C22H27NO5S. The van der Waals surface area contributed by atoms with Crippen molar-refractivity contribution >= 4 is 21.7 Å². The van der Waals surface area contributed by atoms with Crippen LogP contribution in [0.15, 0.2) is 54.6 Å². The van der Waals surface area contributed by atoms with Gasteiger partial charge in [0.05, 0.1) is 17.4 Å². The van der Waals surface area contributed by atoms with Gasteiger partial charge in [-0.1, -0.05) is 55.8 Å². The largest absolute Gasteiger partial charge is 0.449 e. The number of benzene rings is 2. The van der Waals surface area contributed by atoms with Crippen molar-refractivity contribution in [3.63, 3.8) is 0 Å². The first-order valence-corrected chi connectivity index (χ1v) is 11.6. The maximum Gasteiger partial charge on any atom is 0.338 e. The van der Waals surface area contributed by atoms with Gasteiger partial charge in [0.25, 0.3) is 5.91 Å². The molecule has 0 aliphatic carbocycles. The van der Waals surface area contributed by atoms with Gasteiger partial charge in [-0.25, -0.2) is 13.2 Å². The molecule has 1 N–H and O–H groups in total. The molecule has 2 aromatic rings. The highest BCUT2D eigenvalue weighted by atomic mass is 32.2. The number of hydrogen-bond acceptors (Lipinski definition) is 5. The zero-order chi connectivity index (χ0) is 21.4. The highest BCUT2D eigenvalue weighted by molar-refractivity contribution is 7.89. The first-order valence-electron chi connectivity index (χ1n) is 9.52. The van der Waals surface area contributed by atoms with Gasteiger partial charge in [0, 0.05) is 6.26 Å². The van der Waals surface area contributed by atoms with E-state index in [0.29, 0.717) is 5.56 Å². The van der Waals surface area contributed by atoms with Gasteiger partial charge in [-0.2, -0.15) is 0 Å². The second-order valence-corrected chi connectivity index (χ2v) is 9.22. The molecule has 0 saturated heterocycles. The molecule has 2 rings (SSSR count). The summed E-state index contributed by atoms with van der Waals surface area (Å²) in [7, 11) is -3.15. The highest BCUT2D eigenvalue weighted by Gasteiger charge is 2.22. The minimum absolute atomic E-state index is 0.0978. The lowest BCUT2D eigenvalue weighted by molar-refractivity contribution is -0.129. The molecule has 2 atom stereocenters. The normalized spacial score (nSPS) is 13.3. The van der Waals surface area contributed by atoms with Crippen LogP contribution < -0.4 is 5.32 Å². The first kappa shape index (κ1) is 22.6. The van der Waals surface area contributed by atoms with Crippen LogP contribution in [0.3, 0.4) is 0 Å². The Labute approximate surface area is 172 Å². The van der Waals surface area contributed by atoms with E-state index in [1.165, 1.54) is 19.1 Å². The molecule has 0 aliphatic rings. The molecule has 0 unspecified atom stereocenters. The number of esters is 1. The third-order valence-corrected chi connectivity index (χ3v) is 5.23. The zero-order valence-corrected chi connectivity index (χ0v) is 17.7. The van der Waals surface area contributed by atoms with Gasteiger partial charge in [0.1, 0.15) is 0 Å². The van der Waals surface area contributed by atoms with Crippen molar-refractivity contribution in [3.05, 3.63) is 71.3 Å². The molecule has 0 saturated carbocycles. The summed E-state index contributed by atoms with van der Waals surface area (Å²) in [4.78, 5) is 24.8. The monoisotopic (exact) mass is 417 g/mol. The molecule has 0 fully saturated rings. The van der Waals surface area contributed by atoms with Crippen LogP contribution in [0.25, 0.3) is 0 Å². The van der Waals surface area contributed by atoms with Crippen molar-refractivity contribution < 1.29 is 22.7 Å². The van der Waals surface area contributed by atoms with Crippen LogP contribution >= 0.6 is 0 Å². The summed E-state index contributed by atoms with van der Waals surface area (Å²) < 4.78 is 28.0. The van der Waals surface area contributed by atoms with Gasteiger partial charge in [-0.3, -0.25) is 4.79 Å². The molecule has 6 nitrogen and oxygen atoms in total. The number of ether oxygens (including phenoxy) is 1. The predicted molar refractivity (Wildman–Crippen MR) is 112 cm³/mol. The van der Waals surface area contributed by atoms with Crippen molar-refractivity contribution in [1.82, 2.24) is 5.32 Å². The van der Waals surface area contributed by atoms with Crippen LogP contribution in [-0.4, -0.2) is 32.7 Å². The van der Waals surface area contributed by atoms with Crippen molar-refractivity contribution in [1.29, 1.82) is 0 Å². The maximum absolute atomic E-state index is 12.5. The summed E-state index contributed by atoms with van der Waals surface area (Å²) >= 11 is 0. The Morgan fingerprint density at radius 1 is 1.03 bits per heavy atom. The molecule has 2 aromatic carbocycles. The Kier molecular flexibility index (Phi) is 7.96. The summed E-state index contributed by atoms with van der Waals surface area (Å²) in [6.45, 7) is 3.57. The molecule has 0 spiro atoms. The van der Waals surface area contributed by atoms with Crippen LogP contribution in [-0.2, 0) is 25.1 Å². The second kappa shape index (κ2) is 10.2. The van der Waals surface area contributed by atoms with Crippen molar-refractivity contribution in [3.8, 4) is 0 Å². The fraction of sp³-hybridized carbons (Fsp3) is 0.364.